The fourth-order valence-corrected chi connectivity index (χ4v) is 2.71. The van der Waals surface area contributed by atoms with Crippen LogP contribution < -0.4 is 5.32 Å². The molecule has 0 aliphatic heterocycles. The molecule has 1 atom stereocenters. The van der Waals surface area contributed by atoms with Crippen LogP contribution in [0.1, 0.15) is 29.4 Å². The number of hydrogen-bond donors (Lipinski definition) is 1. The Kier molecular flexibility index (Phi) is 4.96. The largest absolute Gasteiger partial charge is 0.319 e. The third-order valence-corrected chi connectivity index (χ3v) is 3.81. The molecule has 108 valence electrons. The number of benzene rings is 1. The summed E-state index contributed by atoms with van der Waals surface area (Å²) in [6.45, 7) is 8.49. The van der Waals surface area contributed by atoms with Gasteiger partial charge in [-0.1, -0.05) is 37.3 Å². The molecule has 1 N–H and O–H groups in total. The van der Waals surface area contributed by atoms with Crippen molar-refractivity contribution in [3.05, 3.63) is 52.8 Å². The van der Waals surface area contributed by atoms with Crippen molar-refractivity contribution in [2.24, 2.45) is 5.92 Å². The Balaban J connectivity index is 2.16. The lowest BCUT2D eigenvalue weighted by Crippen LogP contribution is -2.18. The molecule has 1 aromatic heterocycles. The fraction of sp³-hybridized carbons (Fsp3) is 0.471. The van der Waals surface area contributed by atoms with Crippen LogP contribution in [0.15, 0.2) is 30.3 Å². The predicted molar refractivity (Wildman–Crippen MR) is 84.0 cm³/mol. The average Bonchev–Trinajstić information content (AvgIpc) is 2.68. The summed E-state index contributed by atoms with van der Waals surface area (Å²) in [5.41, 5.74) is 5.17. The van der Waals surface area contributed by atoms with Gasteiger partial charge in [0.25, 0.3) is 0 Å². The molecule has 1 unspecified atom stereocenters. The van der Waals surface area contributed by atoms with Crippen LogP contribution in [-0.2, 0) is 13.0 Å². The van der Waals surface area contributed by atoms with Crippen LogP contribution >= 0.6 is 0 Å². The molecule has 20 heavy (non-hydrogen) atoms. The normalized spacial score (nSPS) is 12.6. The predicted octanol–water partition coefficient (Wildman–Crippen LogP) is 2.95. The lowest BCUT2D eigenvalue weighted by molar-refractivity contribution is 0.538. The SMILES string of the molecule is CNCC(C)Cc1c(C)nn(Cc2ccccc2)c1C. The van der Waals surface area contributed by atoms with E-state index in [0.717, 1.165) is 19.5 Å². The van der Waals surface area contributed by atoms with Crippen LogP contribution in [0, 0.1) is 19.8 Å². The van der Waals surface area contributed by atoms with Crippen molar-refractivity contribution in [2.45, 2.75) is 33.7 Å². The second kappa shape index (κ2) is 6.71. The van der Waals surface area contributed by atoms with Crippen molar-refractivity contribution >= 4 is 0 Å². The molecule has 0 spiro atoms. The van der Waals surface area contributed by atoms with Crippen molar-refractivity contribution in [3.63, 3.8) is 0 Å². The van der Waals surface area contributed by atoms with Gasteiger partial charge in [-0.25, -0.2) is 0 Å². The quantitative estimate of drug-likeness (QED) is 0.875. The average molecular weight is 271 g/mol. The fourth-order valence-electron chi connectivity index (χ4n) is 2.71. The first-order valence-corrected chi connectivity index (χ1v) is 7.33. The van der Waals surface area contributed by atoms with Crippen LogP contribution in [0.2, 0.25) is 0 Å². The lowest BCUT2D eigenvalue weighted by atomic mass is 9.99. The minimum Gasteiger partial charge on any atom is -0.319 e. The number of aromatic nitrogens is 2. The van der Waals surface area contributed by atoms with Gasteiger partial charge in [0.05, 0.1) is 12.2 Å². The molecule has 0 amide bonds. The summed E-state index contributed by atoms with van der Waals surface area (Å²) in [7, 11) is 2.01. The second-order valence-corrected chi connectivity index (χ2v) is 5.66. The number of hydrogen-bond acceptors (Lipinski definition) is 2. The maximum Gasteiger partial charge on any atom is 0.0662 e. The Morgan fingerprint density at radius 2 is 1.90 bits per heavy atom. The maximum atomic E-state index is 4.71. The molecular formula is C17H25N3. The zero-order valence-corrected chi connectivity index (χ0v) is 13.0. The first-order valence-electron chi connectivity index (χ1n) is 7.33. The van der Waals surface area contributed by atoms with Gasteiger partial charge in [-0.2, -0.15) is 5.10 Å². The van der Waals surface area contributed by atoms with Crippen molar-refractivity contribution in [2.75, 3.05) is 13.6 Å². The van der Waals surface area contributed by atoms with Crippen LogP contribution in [-0.4, -0.2) is 23.4 Å². The van der Waals surface area contributed by atoms with Crippen LogP contribution in [0.5, 0.6) is 0 Å². The van der Waals surface area contributed by atoms with E-state index in [4.69, 9.17) is 5.10 Å². The lowest BCUT2D eigenvalue weighted by Gasteiger charge is -2.11. The minimum absolute atomic E-state index is 0.631. The molecular weight excluding hydrogens is 246 g/mol. The van der Waals surface area contributed by atoms with E-state index in [1.807, 2.05) is 7.05 Å². The van der Waals surface area contributed by atoms with E-state index in [1.165, 1.54) is 22.5 Å². The summed E-state index contributed by atoms with van der Waals surface area (Å²) in [4.78, 5) is 0. The van der Waals surface area contributed by atoms with Gasteiger partial charge in [-0.15, -0.1) is 0 Å². The molecule has 0 bridgehead atoms. The van der Waals surface area contributed by atoms with E-state index in [-0.39, 0.29) is 0 Å². The van der Waals surface area contributed by atoms with Crippen molar-refractivity contribution < 1.29 is 0 Å². The highest BCUT2D eigenvalue weighted by Crippen LogP contribution is 2.18. The number of rotatable bonds is 6. The zero-order valence-electron chi connectivity index (χ0n) is 13.0. The Morgan fingerprint density at radius 1 is 1.20 bits per heavy atom. The molecule has 0 saturated heterocycles. The first-order chi connectivity index (χ1) is 9.61. The molecule has 3 heteroatoms. The van der Waals surface area contributed by atoms with Crippen molar-refractivity contribution in [1.29, 1.82) is 0 Å². The van der Waals surface area contributed by atoms with E-state index >= 15 is 0 Å². The Bertz CT molecular complexity index is 543. The van der Waals surface area contributed by atoms with Gasteiger partial charge >= 0.3 is 0 Å². The highest BCUT2D eigenvalue weighted by atomic mass is 15.3. The molecule has 2 rings (SSSR count). The summed E-state index contributed by atoms with van der Waals surface area (Å²) in [5.74, 6) is 0.631. The summed E-state index contributed by atoms with van der Waals surface area (Å²) < 4.78 is 2.13. The summed E-state index contributed by atoms with van der Waals surface area (Å²) in [6, 6.07) is 10.5. The second-order valence-electron chi connectivity index (χ2n) is 5.66. The van der Waals surface area contributed by atoms with E-state index in [1.54, 1.807) is 0 Å². The molecule has 1 heterocycles. The number of aryl methyl sites for hydroxylation is 1. The summed E-state index contributed by atoms with van der Waals surface area (Å²) in [5, 5.41) is 7.96. The van der Waals surface area contributed by atoms with E-state index in [2.05, 4.69) is 61.1 Å². The van der Waals surface area contributed by atoms with Crippen molar-refractivity contribution in [3.8, 4) is 0 Å². The van der Waals surface area contributed by atoms with Gasteiger partial charge in [-0.05, 0) is 50.9 Å². The molecule has 1 aromatic carbocycles. The van der Waals surface area contributed by atoms with Gasteiger partial charge in [0.2, 0.25) is 0 Å². The molecule has 0 fully saturated rings. The molecule has 0 aliphatic carbocycles. The first kappa shape index (κ1) is 14.8. The maximum absolute atomic E-state index is 4.71. The van der Waals surface area contributed by atoms with Gasteiger partial charge in [0.1, 0.15) is 0 Å². The highest BCUT2D eigenvalue weighted by Gasteiger charge is 2.14. The summed E-state index contributed by atoms with van der Waals surface area (Å²) >= 11 is 0. The zero-order chi connectivity index (χ0) is 14.5. The molecule has 2 aromatic rings. The van der Waals surface area contributed by atoms with Gasteiger partial charge in [0, 0.05) is 5.69 Å². The third-order valence-electron chi connectivity index (χ3n) is 3.81. The molecule has 0 saturated carbocycles. The minimum atomic E-state index is 0.631. The monoisotopic (exact) mass is 271 g/mol. The Labute approximate surface area is 122 Å². The smallest absolute Gasteiger partial charge is 0.0662 e. The van der Waals surface area contributed by atoms with Crippen LogP contribution in [0.25, 0.3) is 0 Å². The standard InChI is InChI=1S/C17H25N3/c1-13(11-18-4)10-17-14(2)19-20(15(17)3)12-16-8-6-5-7-9-16/h5-9,13,18H,10-12H2,1-4H3. The van der Waals surface area contributed by atoms with Gasteiger partial charge < -0.3 is 5.32 Å². The third kappa shape index (κ3) is 3.48. The topological polar surface area (TPSA) is 29.9 Å². The highest BCUT2D eigenvalue weighted by molar-refractivity contribution is 5.26. The molecule has 0 aliphatic rings. The molecule has 3 nitrogen and oxygen atoms in total. The van der Waals surface area contributed by atoms with Gasteiger partial charge in [-0.3, -0.25) is 4.68 Å². The van der Waals surface area contributed by atoms with Crippen molar-refractivity contribution in [1.82, 2.24) is 15.1 Å². The van der Waals surface area contributed by atoms with E-state index in [9.17, 15) is 0 Å². The Morgan fingerprint density at radius 3 is 2.55 bits per heavy atom. The van der Waals surface area contributed by atoms with Crippen LogP contribution in [0.4, 0.5) is 0 Å². The van der Waals surface area contributed by atoms with Crippen LogP contribution in [0.3, 0.4) is 0 Å². The number of nitrogens with zero attached hydrogens (tertiary/aromatic N) is 2. The summed E-state index contributed by atoms with van der Waals surface area (Å²) in [6.07, 6.45) is 1.09. The Hall–Kier alpha value is -1.61. The molecule has 0 radical (unpaired) electrons. The number of nitrogens with one attached hydrogen (secondary N) is 1. The van der Waals surface area contributed by atoms with E-state index in [0.29, 0.717) is 5.92 Å². The van der Waals surface area contributed by atoms with E-state index < -0.39 is 0 Å². The van der Waals surface area contributed by atoms with Gasteiger partial charge in [0.15, 0.2) is 0 Å².